The van der Waals surface area contributed by atoms with E-state index in [-0.39, 0.29) is 5.97 Å². The lowest BCUT2D eigenvalue weighted by Crippen LogP contribution is -2.26. The summed E-state index contributed by atoms with van der Waals surface area (Å²) in [6.07, 6.45) is 0. The van der Waals surface area contributed by atoms with E-state index in [1.807, 2.05) is 25.2 Å². The number of hydrogen-bond acceptors (Lipinski definition) is 3. The second kappa shape index (κ2) is 5.66. The van der Waals surface area contributed by atoms with Gasteiger partial charge in [-0.2, -0.15) is 0 Å². The summed E-state index contributed by atoms with van der Waals surface area (Å²) in [6, 6.07) is 8.01. The van der Waals surface area contributed by atoms with E-state index >= 15 is 0 Å². The van der Waals surface area contributed by atoms with Gasteiger partial charge in [0.25, 0.3) is 0 Å². The van der Waals surface area contributed by atoms with E-state index in [4.69, 9.17) is 4.74 Å². The van der Waals surface area contributed by atoms with Crippen LogP contribution in [0.15, 0.2) is 24.3 Å². The SMILES string of the molecule is COC(=O)c1ccccc1CN(C)C(C)C. The van der Waals surface area contributed by atoms with Gasteiger partial charge in [0.1, 0.15) is 0 Å². The van der Waals surface area contributed by atoms with Crippen LogP contribution in [-0.4, -0.2) is 31.1 Å². The van der Waals surface area contributed by atoms with Crippen LogP contribution >= 0.6 is 0 Å². The summed E-state index contributed by atoms with van der Waals surface area (Å²) in [4.78, 5) is 13.7. The lowest BCUT2D eigenvalue weighted by Gasteiger charge is -2.22. The molecule has 88 valence electrons. The zero-order chi connectivity index (χ0) is 12.1. The summed E-state index contributed by atoms with van der Waals surface area (Å²) in [5, 5.41) is 0. The van der Waals surface area contributed by atoms with Crippen molar-refractivity contribution in [1.29, 1.82) is 0 Å². The minimum Gasteiger partial charge on any atom is -0.465 e. The summed E-state index contributed by atoms with van der Waals surface area (Å²) in [5.41, 5.74) is 1.66. The maximum absolute atomic E-state index is 11.5. The standard InChI is InChI=1S/C13H19NO2/c1-10(2)14(3)9-11-7-5-6-8-12(11)13(15)16-4/h5-8,10H,9H2,1-4H3. The van der Waals surface area contributed by atoms with Gasteiger partial charge in [-0.05, 0) is 32.5 Å². The summed E-state index contributed by atoms with van der Waals surface area (Å²) >= 11 is 0. The monoisotopic (exact) mass is 221 g/mol. The first-order valence-electron chi connectivity index (χ1n) is 5.42. The number of hydrogen-bond donors (Lipinski definition) is 0. The van der Waals surface area contributed by atoms with E-state index in [1.165, 1.54) is 7.11 Å². The van der Waals surface area contributed by atoms with Crippen molar-refractivity contribution in [2.45, 2.75) is 26.4 Å². The highest BCUT2D eigenvalue weighted by atomic mass is 16.5. The topological polar surface area (TPSA) is 29.5 Å². The number of benzene rings is 1. The number of rotatable bonds is 4. The third-order valence-corrected chi connectivity index (χ3v) is 2.72. The molecule has 0 saturated carbocycles. The predicted octanol–water partition coefficient (Wildman–Crippen LogP) is 2.31. The fourth-order valence-electron chi connectivity index (χ4n) is 1.42. The van der Waals surface area contributed by atoms with Gasteiger partial charge >= 0.3 is 5.97 Å². The minimum atomic E-state index is -0.271. The zero-order valence-electron chi connectivity index (χ0n) is 10.4. The van der Waals surface area contributed by atoms with E-state index in [2.05, 4.69) is 18.7 Å². The van der Waals surface area contributed by atoms with Gasteiger partial charge in [0.2, 0.25) is 0 Å². The summed E-state index contributed by atoms with van der Waals surface area (Å²) in [5.74, 6) is -0.271. The Hall–Kier alpha value is -1.35. The van der Waals surface area contributed by atoms with Crippen molar-refractivity contribution >= 4 is 5.97 Å². The molecule has 3 nitrogen and oxygen atoms in total. The normalized spacial score (nSPS) is 10.9. The van der Waals surface area contributed by atoms with Crippen LogP contribution in [0.3, 0.4) is 0 Å². The molecule has 0 bridgehead atoms. The molecule has 0 aromatic heterocycles. The van der Waals surface area contributed by atoms with E-state index < -0.39 is 0 Å². The van der Waals surface area contributed by atoms with E-state index in [1.54, 1.807) is 6.07 Å². The summed E-state index contributed by atoms with van der Waals surface area (Å²) < 4.78 is 4.76. The number of carbonyl (C=O) groups is 1. The maximum atomic E-state index is 11.5. The molecule has 1 rings (SSSR count). The summed E-state index contributed by atoms with van der Waals surface area (Å²) in [7, 11) is 3.45. The molecule has 1 aromatic rings. The van der Waals surface area contributed by atoms with Crippen molar-refractivity contribution in [3.63, 3.8) is 0 Å². The van der Waals surface area contributed by atoms with E-state index in [9.17, 15) is 4.79 Å². The number of ether oxygens (including phenoxy) is 1. The number of esters is 1. The highest BCUT2D eigenvalue weighted by Crippen LogP contribution is 2.13. The molecule has 0 radical (unpaired) electrons. The molecule has 0 aliphatic rings. The molecule has 1 aromatic carbocycles. The van der Waals surface area contributed by atoms with Gasteiger partial charge in [0, 0.05) is 12.6 Å². The Bertz CT molecular complexity index is 361. The lowest BCUT2D eigenvalue weighted by atomic mass is 10.1. The Morgan fingerprint density at radius 1 is 1.38 bits per heavy atom. The van der Waals surface area contributed by atoms with Crippen LogP contribution in [0.5, 0.6) is 0 Å². The van der Waals surface area contributed by atoms with Crippen LogP contribution in [0.4, 0.5) is 0 Å². The molecule has 0 heterocycles. The smallest absolute Gasteiger partial charge is 0.338 e. The van der Waals surface area contributed by atoms with Gasteiger partial charge in [-0.15, -0.1) is 0 Å². The van der Waals surface area contributed by atoms with E-state index in [0.717, 1.165) is 12.1 Å². The van der Waals surface area contributed by atoms with Crippen molar-refractivity contribution in [2.24, 2.45) is 0 Å². The van der Waals surface area contributed by atoms with Gasteiger partial charge in [-0.25, -0.2) is 4.79 Å². The van der Waals surface area contributed by atoms with Crippen molar-refractivity contribution in [3.05, 3.63) is 35.4 Å². The molecule has 0 saturated heterocycles. The lowest BCUT2D eigenvalue weighted by molar-refractivity contribution is 0.0598. The van der Waals surface area contributed by atoms with Crippen molar-refractivity contribution in [2.75, 3.05) is 14.2 Å². The molecule has 0 atom stereocenters. The minimum absolute atomic E-state index is 0.271. The molecular weight excluding hydrogens is 202 g/mol. The molecule has 0 unspecified atom stereocenters. The maximum Gasteiger partial charge on any atom is 0.338 e. The molecule has 0 aliphatic heterocycles. The first-order valence-corrected chi connectivity index (χ1v) is 5.42. The van der Waals surface area contributed by atoms with Gasteiger partial charge in [-0.1, -0.05) is 18.2 Å². The molecule has 16 heavy (non-hydrogen) atoms. The zero-order valence-corrected chi connectivity index (χ0v) is 10.4. The highest BCUT2D eigenvalue weighted by Gasteiger charge is 2.13. The van der Waals surface area contributed by atoms with Crippen LogP contribution in [0.25, 0.3) is 0 Å². The largest absolute Gasteiger partial charge is 0.465 e. The van der Waals surface area contributed by atoms with Crippen molar-refractivity contribution in [3.8, 4) is 0 Å². The van der Waals surface area contributed by atoms with Gasteiger partial charge in [0.05, 0.1) is 12.7 Å². The number of carbonyl (C=O) groups excluding carboxylic acids is 1. The molecule has 0 aliphatic carbocycles. The molecular formula is C13H19NO2. The molecule has 0 N–H and O–H groups in total. The molecule has 0 spiro atoms. The molecule has 0 amide bonds. The third kappa shape index (κ3) is 3.07. The predicted molar refractivity (Wildman–Crippen MR) is 64.4 cm³/mol. The Morgan fingerprint density at radius 2 is 2.00 bits per heavy atom. The Labute approximate surface area is 97.0 Å². The highest BCUT2D eigenvalue weighted by molar-refractivity contribution is 5.90. The fourth-order valence-corrected chi connectivity index (χ4v) is 1.42. The van der Waals surface area contributed by atoms with Crippen LogP contribution < -0.4 is 0 Å². The van der Waals surface area contributed by atoms with Crippen LogP contribution in [-0.2, 0) is 11.3 Å². The molecule has 3 heteroatoms. The Morgan fingerprint density at radius 3 is 2.56 bits per heavy atom. The van der Waals surface area contributed by atoms with Crippen LogP contribution in [0.2, 0.25) is 0 Å². The van der Waals surface area contributed by atoms with E-state index in [0.29, 0.717) is 11.6 Å². The van der Waals surface area contributed by atoms with Crippen LogP contribution in [0.1, 0.15) is 29.8 Å². The Kier molecular flexibility index (Phi) is 4.50. The van der Waals surface area contributed by atoms with Gasteiger partial charge in [0.15, 0.2) is 0 Å². The first kappa shape index (κ1) is 12.7. The number of nitrogens with zero attached hydrogens (tertiary/aromatic N) is 1. The Balaban J connectivity index is 2.91. The summed E-state index contributed by atoms with van der Waals surface area (Å²) in [6.45, 7) is 5.00. The average Bonchev–Trinajstić information content (AvgIpc) is 2.28. The van der Waals surface area contributed by atoms with Crippen LogP contribution in [0, 0.1) is 0 Å². The fraction of sp³-hybridized carbons (Fsp3) is 0.462. The first-order chi connectivity index (χ1) is 7.56. The van der Waals surface area contributed by atoms with Gasteiger partial charge < -0.3 is 4.74 Å². The van der Waals surface area contributed by atoms with Crippen molar-refractivity contribution < 1.29 is 9.53 Å². The quantitative estimate of drug-likeness (QED) is 0.731. The second-order valence-corrected chi connectivity index (χ2v) is 4.16. The second-order valence-electron chi connectivity index (χ2n) is 4.16. The molecule has 0 fully saturated rings. The van der Waals surface area contributed by atoms with Gasteiger partial charge in [-0.3, -0.25) is 4.90 Å². The average molecular weight is 221 g/mol. The van der Waals surface area contributed by atoms with Crippen molar-refractivity contribution in [1.82, 2.24) is 4.90 Å². The number of methoxy groups -OCH3 is 1. The third-order valence-electron chi connectivity index (χ3n) is 2.72.